The molecule has 6 nitrogen and oxygen atoms in total. The first-order chi connectivity index (χ1) is 13.6. The van der Waals surface area contributed by atoms with Crippen LogP contribution in [-0.4, -0.2) is 29.5 Å². The summed E-state index contributed by atoms with van der Waals surface area (Å²) in [4.78, 5) is 23.1. The molecule has 0 unspecified atom stereocenters. The zero-order valence-electron chi connectivity index (χ0n) is 15.6. The van der Waals surface area contributed by atoms with E-state index < -0.39 is 0 Å². The molecule has 0 fully saturated rings. The van der Waals surface area contributed by atoms with Crippen molar-refractivity contribution in [3.8, 4) is 17.6 Å². The van der Waals surface area contributed by atoms with Gasteiger partial charge in [0, 0.05) is 30.4 Å². The van der Waals surface area contributed by atoms with E-state index in [1.807, 2.05) is 41.1 Å². The van der Waals surface area contributed by atoms with Crippen LogP contribution in [0.5, 0.6) is 5.75 Å². The first-order valence-electron chi connectivity index (χ1n) is 8.88. The van der Waals surface area contributed by atoms with E-state index in [0.717, 1.165) is 10.9 Å². The molecule has 0 spiro atoms. The van der Waals surface area contributed by atoms with Gasteiger partial charge in [-0.15, -0.1) is 0 Å². The van der Waals surface area contributed by atoms with Gasteiger partial charge in [-0.3, -0.25) is 9.59 Å². The summed E-state index contributed by atoms with van der Waals surface area (Å²) in [5.41, 5.74) is 1.70. The molecule has 142 valence electrons. The highest BCUT2D eigenvalue weighted by atomic mass is 16.5. The van der Waals surface area contributed by atoms with Crippen LogP contribution < -0.4 is 15.4 Å². The number of nitrogens with zero attached hydrogens (tertiary/aromatic N) is 1. The molecule has 0 aliphatic heterocycles. The van der Waals surface area contributed by atoms with Crippen molar-refractivity contribution in [2.45, 2.75) is 13.5 Å². The van der Waals surface area contributed by atoms with Crippen LogP contribution in [0.25, 0.3) is 10.9 Å². The van der Waals surface area contributed by atoms with Crippen molar-refractivity contribution in [2.24, 2.45) is 0 Å². The zero-order valence-corrected chi connectivity index (χ0v) is 15.6. The maximum absolute atomic E-state index is 12.1. The normalized spacial score (nSPS) is 10.0. The Morgan fingerprint density at radius 1 is 1.07 bits per heavy atom. The van der Waals surface area contributed by atoms with Gasteiger partial charge in [0.15, 0.2) is 0 Å². The Morgan fingerprint density at radius 2 is 1.93 bits per heavy atom. The molecule has 0 bridgehead atoms. The number of nitrogens with one attached hydrogen (secondary N) is 2. The molecule has 28 heavy (non-hydrogen) atoms. The van der Waals surface area contributed by atoms with Crippen molar-refractivity contribution in [3.05, 3.63) is 60.8 Å². The largest absolute Gasteiger partial charge is 0.481 e. The van der Waals surface area contributed by atoms with Gasteiger partial charge in [0.05, 0.1) is 6.54 Å². The smallest absolute Gasteiger partial charge is 0.240 e. The lowest BCUT2D eigenvalue weighted by atomic mass is 10.2. The predicted molar refractivity (Wildman–Crippen MR) is 109 cm³/mol. The van der Waals surface area contributed by atoms with Crippen LogP contribution in [0.4, 0.5) is 5.69 Å². The molecule has 2 aromatic carbocycles. The third-order valence-electron chi connectivity index (χ3n) is 3.96. The van der Waals surface area contributed by atoms with Crippen molar-refractivity contribution in [2.75, 3.05) is 18.5 Å². The van der Waals surface area contributed by atoms with Crippen LogP contribution in [0.2, 0.25) is 0 Å². The highest BCUT2D eigenvalue weighted by Crippen LogP contribution is 2.17. The monoisotopic (exact) mass is 375 g/mol. The Balaban J connectivity index is 1.41. The fourth-order valence-electron chi connectivity index (χ4n) is 2.73. The van der Waals surface area contributed by atoms with Crippen LogP contribution in [0.3, 0.4) is 0 Å². The minimum absolute atomic E-state index is 0.0976. The minimum atomic E-state index is -0.138. The van der Waals surface area contributed by atoms with Gasteiger partial charge in [-0.2, -0.15) is 0 Å². The van der Waals surface area contributed by atoms with E-state index in [9.17, 15) is 9.59 Å². The maximum atomic E-state index is 12.1. The van der Waals surface area contributed by atoms with Gasteiger partial charge < -0.3 is 19.9 Å². The first-order valence-corrected chi connectivity index (χ1v) is 8.88. The van der Waals surface area contributed by atoms with Gasteiger partial charge >= 0.3 is 0 Å². The lowest BCUT2D eigenvalue weighted by molar-refractivity contribution is -0.121. The number of para-hydroxylation sites is 1. The second-order valence-corrected chi connectivity index (χ2v) is 6.13. The summed E-state index contributed by atoms with van der Waals surface area (Å²) in [6.07, 6.45) is 1.90. The molecule has 0 saturated heterocycles. The predicted octanol–water partition coefficient (Wildman–Crippen LogP) is 2.80. The molecule has 3 aromatic rings. The molecular weight excluding hydrogens is 354 g/mol. The molecule has 6 heteroatoms. The van der Waals surface area contributed by atoms with Crippen LogP contribution >= 0.6 is 0 Å². The number of amides is 2. The number of anilines is 1. The Labute approximate surface area is 163 Å². The van der Waals surface area contributed by atoms with Gasteiger partial charge in [0.25, 0.3) is 0 Å². The lowest BCUT2D eigenvalue weighted by Gasteiger charge is -2.06. The van der Waals surface area contributed by atoms with Crippen LogP contribution in [0, 0.1) is 11.8 Å². The third-order valence-corrected chi connectivity index (χ3v) is 3.96. The van der Waals surface area contributed by atoms with Gasteiger partial charge in [-0.1, -0.05) is 36.1 Å². The highest BCUT2D eigenvalue weighted by Gasteiger charge is 2.04. The van der Waals surface area contributed by atoms with Gasteiger partial charge in [-0.05, 0) is 29.7 Å². The number of ether oxygens (including phenoxy) is 1. The average molecular weight is 375 g/mol. The Hall–Kier alpha value is -3.72. The third kappa shape index (κ3) is 5.39. The standard InChI is InChI=1S/C22H21N3O3/c1-17(26)24-19-8-6-9-20(15-19)28-14-5-4-12-23-22(27)16-25-13-11-18-7-2-3-10-21(18)25/h2-3,6-11,13,15H,12,14,16H2,1H3,(H,23,27)(H,24,26). The van der Waals surface area contributed by atoms with E-state index in [2.05, 4.69) is 22.5 Å². The number of fused-ring (bicyclic) bond motifs is 1. The highest BCUT2D eigenvalue weighted by molar-refractivity contribution is 5.88. The Morgan fingerprint density at radius 3 is 2.79 bits per heavy atom. The summed E-state index contributed by atoms with van der Waals surface area (Å²) in [6, 6.07) is 17.0. The van der Waals surface area contributed by atoms with Crippen LogP contribution in [0.1, 0.15) is 6.92 Å². The number of carbonyl (C=O) groups excluding carboxylic acids is 2. The van der Waals surface area contributed by atoms with Gasteiger partial charge in [-0.25, -0.2) is 0 Å². The number of hydrogen-bond acceptors (Lipinski definition) is 3. The van der Waals surface area contributed by atoms with E-state index in [0.29, 0.717) is 11.4 Å². The van der Waals surface area contributed by atoms with Crippen LogP contribution in [-0.2, 0) is 16.1 Å². The second kappa shape index (κ2) is 9.28. The molecule has 0 radical (unpaired) electrons. The van der Waals surface area contributed by atoms with Crippen LogP contribution in [0.15, 0.2) is 60.8 Å². The summed E-state index contributed by atoms with van der Waals surface area (Å²) < 4.78 is 7.43. The number of carbonyl (C=O) groups is 2. The zero-order chi connectivity index (χ0) is 19.8. The van der Waals surface area contributed by atoms with Crippen molar-refractivity contribution in [1.82, 2.24) is 9.88 Å². The van der Waals surface area contributed by atoms with E-state index in [-0.39, 0.29) is 31.5 Å². The molecular formula is C22H21N3O3. The van der Waals surface area contributed by atoms with E-state index in [1.165, 1.54) is 6.92 Å². The quantitative estimate of drug-likeness (QED) is 0.651. The first kappa shape index (κ1) is 19.1. The fourth-order valence-corrected chi connectivity index (χ4v) is 2.73. The summed E-state index contributed by atoms with van der Waals surface area (Å²) in [5, 5.41) is 6.58. The minimum Gasteiger partial charge on any atom is -0.481 e. The van der Waals surface area contributed by atoms with Gasteiger partial charge in [0.1, 0.15) is 18.9 Å². The number of benzene rings is 2. The number of rotatable bonds is 6. The molecule has 3 rings (SSSR count). The second-order valence-electron chi connectivity index (χ2n) is 6.13. The van der Waals surface area contributed by atoms with Crippen molar-refractivity contribution in [3.63, 3.8) is 0 Å². The number of hydrogen-bond donors (Lipinski definition) is 2. The molecule has 1 heterocycles. The summed E-state index contributed by atoms with van der Waals surface area (Å²) in [6.45, 7) is 2.16. The fraction of sp³-hybridized carbons (Fsp3) is 0.182. The lowest BCUT2D eigenvalue weighted by Crippen LogP contribution is -2.27. The van der Waals surface area contributed by atoms with Crippen molar-refractivity contribution in [1.29, 1.82) is 0 Å². The SMILES string of the molecule is CC(=O)Nc1cccc(OCC#CCNC(=O)Cn2ccc3ccccc32)c1. The molecule has 2 N–H and O–H groups in total. The van der Waals surface area contributed by atoms with Crippen molar-refractivity contribution >= 4 is 28.4 Å². The van der Waals surface area contributed by atoms with E-state index in [4.69, 9.17) is 4.74 Å². The molecule has 2 amide bonds. The molecule has 1 aromatic heterocycles. The maximum Gasteiger partial charge on any atom is 0.240 e. The average Bonchev–Trinajstić information content (AvgIpc) is 3.07. The summed E-state index contributed by atoms with van der Waals surface area (Å²) in [5.74, 6) is 6.10. The summed E-state index contributed by atoms with van der Waals surface area (Å²) in [7, 11) is 0. The summed E-state index contributed by atoms with van der Waals surface area (Å²) >= 11 is 0. The number of aromatic nitrogens is 1. The Kier molecular flexibility index (Phi) is 6.32. The van der Waals surface area contributed by atoms with E-state index in [1.54, 1.807) is 24.3 Å². The van der Waals surface area contributed by atoms with E-state index >= 15 is 0 Å². The topological polar surface area (TPSA) is 72.4 Å². The van der Waals surface area contributed by atoms with Crippen molar-refractivity contribution < 1.29 is 14.3 Å². The molecule has 0 aliphatic rings. The Bertz CT molecular complexity index is 1040. The molecule has 0 aliphatic carbocycles. The van der Waals surface area contributed by atoms with Gasteiger partial charge in [0.2, 0.25) is 11.8 Å². The molecule has 0 saturated carbocycles. The molecule has 0 atom stereocenters.